The van der Waals surface area contributed by atoms with Gasteiger partial charge in [-0.15, -0.1) is 0 Å². The minimum atomic E-state index is -0.522. The third kappa shape index (κ3) is 1.85. The molecule has 0 N–H and O–H groups in total. The Morgan fingerprint density at radius 2 is 2.23 bits per heavy atom. The van der Waals surface area contributed by atoms with Gasteiger partial charge >= 0.3 is 0 Å². The predicted octanol–water partition coefficient (Wildman–Crippen LogP) is 1.71. The summed E-state index contributed by atoms with van der Waals surface area (Å²) >= 11 is 0. The van der Waals surface area contributed by atoms with E-state index < -0.39 is 5.78 Å². The fourth-order valence-corrected chi connectivity index (χ4v) is 1.08. The molecule has 0 heterocycles. The van der Waals surface area contributed by atoms with Gasteiger partial charge in [0.05, 0.1) is 7.11 Å². The van der Waals surface area contributed by atoms with Crippen LogP contribution in [0.3, 0.4) is 0 Å². The van der Waals surface area contributed by atoms with Gasteiger partial charge in [0.2, 0.25) is 0 Å². The molecular weight excluding hydrogens is 166 g/mol. The van der Waals surface area contributed by atoms with Gasteiger partial charge in [-0.1, -0.05) is 0 Å². The lowest BCUT2D eigenvalue weighted by atomic mass is 10.1. The highest BCUT2D eigenvalue weighted by Gasteiger charge is 2.06. The summed E-state index contributed by atoms with van der Waals surface area (Å²) in [5.74, 6) is 0.195. The van der Waals surface area contributed by atoms with Gasteiger partial charge in [0.25, 0.3) is 5.78 Å². The lowest BCUT2D eigenvalue weighted by molar-refractivity contribution is 0.105. The normalized spacial score (nSPS) is 9.00. The van der Waals surface area contributed by atoms with Crippen LogP contribution in [0.2, 0.25) is 0 Å². The summed E-state index contributed by atoms with van der Waals surface area (Å²) in [6, 6.07) is 6.47. The van der Waals surface area contributed by atoms with Crippen molar-refractivity contribution in [1.29, 1.82) is 5.26 Å². The van der Waals surface area contributed by atoms with E-state index in [0.29, 0.717) is 5.56 Å². The van der Waals surface area contributed by atoms with E-state index >= 15 is 0 Å². The number of carbonyl (C=O) groups is 1. The minimum Gasteiger partial charge on any atom is -0.496 e. The van der Waals surface area contributed by atoms with Gasteiger partial charge in [0.15, 0.2) is 0 Å². The van der Waals surface area contributed by atoms with Crippen molar-refractivity contribution in [1.82, 2.24) is 0 Å². The van der Waals surface area contributed by atoms with Gasteiger partial charge in [-0.2, -0.15) is 5.26 Å². The van der Waals surface area contributed by atoms with Crippen molar-refractivity contribution in [2.75, 3.05) is 7.11 Å². The molecular formula is C10H9NO2. The number of ketones is 1. The zero-order valence-corrected chi connectivity index (χ0v) is 7.50. The van der Waals surface area contributed by atoms with E-state index in [4.69, 9.17) is 10.00 Å². The average Bonchev–Trinajstić information content (AvgIpc) is 2.16. The smallest absolute Gasteiger partial charge is 0.262 e. The van der Waals surface area contributed by atoms with Crippen molar-refractivity contribution < 1.29 is 9.53 Å². The highest BCUT2D eigenvalue weighted by Crippen LogP contribution is 2.18. The standard InChI is InChI=1S/C10H9NO2/c1-7-5-8(9(12)6-11)3-4-10(7)13-2/h3-5H,1-2H3. The second-order valence-electron chi connectivity index (χ2n) is 2.63. The van der Waals surface area contributed by atoms with Crippen molar-refractivity contribution in [2.45, 2.75) is 6.92 Å². The summed E-state index contributed by atoms with van der Waals surface area (Å²) in [5, 5.41) is 8.37. The molecule has 0 aliphatic carbocycles. The SMILES string of the molecule is COc1ccc(C(=O)C#N)cc1C. The van der Waals surface area contributed by atoms with Crippen LogP contribution in [0.25, 0.3) is 0 Å². The Balaban J connectivity index is 3.11. The Morgan fingerprint density at radius 1 is 1.54 bits per heavy atom. The molecule has 0 bridgehead atoms. The van der Waals surface area contributed by atoms with E-state index in [1.807, 2.05) is 6.92 Å². The Bertz CT molecular complexity index is 377. The van der Waals surface area contributed by atoms with Gasteiger partial charge in [0.1, 0.15) is 11.8 Å². The van der Waals surface area contributed by atoms with Crippen LogP contribution in [-0.4, -0.2) is 12.9 Å². The molecule has 0 saturated carbocycles. The summed E-state index contributed by atoms with van der Waals surface area (Å²) < 4.78 is 5.02. The first-order valence-electron chi connectivity index (χ1n) is 3.78. The van der Waals surface area contributed by atoms with E-state index in [1.165, 1.54) is 0 Å². The third-order valence-electron chi connectivity index (χ3n) is 1.76. The van der Waals surface area contributed by atoms with E-state index in [1.54, 1.807) is 31.4 Å². The van der Waals surface area contributed by atoms with Crippen LogP contribution in [-0.2, 0) is 0 Å². The summed E-state index contributed by atoms with van der Waals surface area (Å²) in [6.45, 7) is 1.83. The average molecular weight is 175 g/mol. The number of nitrogens with zero attached hydrogens (tertiary/aromatic N) is 1. The van der Waals surface area contributed by atoms with Crippen molar-refractivity contribution in [3.63, 3.8) is 0 Å². The number of ether oxygens (including phenoxy) is 1. The van der Waals surface area contributed by atoms with Gasteiger partial charge in [-0.3, -0.25) is 4.79 Å². The Kier molecular flexibility index (Phi) is 2.65. The van der Waals surface area contributed by atoms with Gasteiger partial charge in [-0.25, -0.2) is 0 Å². The molecule has 66 valence electrons. The summed E-state index contributed by atoms with van der Waals surface area (Å²) in [7, 11) is 1.56. The first kappa shape index (κ1) is 9.27. The number of Topliss-reactive ketones (excluding diaryl/α,β-unsaturated/α-hetero) is 1. The molecule has 0 spiro atoms. The predicted molar refractivity (Wildman–Crippen MR) is 47.7 cm³/mol. The second-order valence-corrected chi connectivity index (χ2v) is 2.63. The van der Waals surface area contributed by atoms with Crippen LogP contribution >= 0.6 is 0 Å². The summed E-state index contributed by atoms with van der Waals surface area (Å²) in [5.41, 5.74) is 1.25. The lowest BCUT2D eigenvalue weighted by Gasteiger charge is -2.03. The third-order valence-corrected chi connectivity index (χ3v) is 1.76. The molecule has 1 aromatic carbocycles. The first-order chi connectivity index (χ1) is 6.19. The number of aryl methyl sites for hydroxylation is 1. The molecule has 3 nitrogen and oxygen atoms in total. The van der Waals surface area contributed by atoms with Gasteiger partial charge in [0, 0.05) is 5.56 Å². The molecule has 13 heavy (non-hydrogen) atoms. The Morgan fingerprint density at radius 3 is 2.69 bits per heavy atom. The monoisotopic (exact) mass is 175 g/mol. The molecule has 0 fully saturated rings. The highest BCUT2D eigenvalue weighted by atomic mass is 16.5. The number of hydrogen-bond acceptors (Lipinski definition) is 3. The molecule has 0 aliphatic rings. The molecule has 0 saturated heterocycles. The van der Waals surface area contributed by atoms with Crippen LogP contribution in [0.1, 0.15) is 15.9 Å². The van der Waals surface area contributed by atoms with Crippen LogP contribution in [0.15, 0.2) is 18.2 Å². The van der Waals surface area contributed by atoms with E-state index in [9.17, 15) is 4.79 Å². The number of nitriles is 1. The zero-order chi connectivity index (χ0) is 9.84. The van der Waals surface area contributed by atoms with Crippen LogP contribution in [0.4, 0.5) is 0 Å². The zero-order valence-electron chi connectivity index (χ0n) is 7.50. The van der Waals surface area contributed by atoms with E-state index in [-0.39, 0.29) is 0 Å². The number of rotatable bonds is 2. The molecule has 0 aliphatic heterocycles. The van der Waals surface area contributed by atoms with Gasteiger partial charge in [-0.05, 0) is 30.7 Å². The number of hydrogen-bond donors (Lipinski definition) is 0. The fraction of sp³-hybridized carbons (Fsp3) is 0.200. The Labute approximate surface area is 76.6 Å². The van der Waals surface area contributed by atoms with Crippen molar-refractivity contribution in [2.24, 2.45) is 0 Å². The van der Waals surface area contributed by atoms with E-state index in [2.05, 4.69) is 0 Å². The summed E-state index contributed by atoms with van der Waals surface area (Å²) in [4.78, 5) is 11.0. The first-order valence-corrected chi connectivity index (χ1v) is 3.78. The highest BCUT2D eigenvalue weighted by molar-refractivity contribution is 6.07. The lowest BCUT2D eigenvalue weighted by Crippen LogP contribution is -1.96. The molecule has 1 aromatic rings. The van der Waals surface area contributed by atoms with Crippen LogP contribution < -0.4 is 4.74 Å². The topological polar surface area (TPSA) is 50.1 Å². The number of benzene rings is 1. The molecule has 0 atom stereocenters. The molecule has 1 rings (SSSR count). The van der Waals surface area contributed by atoms with Crippen molar-refractivity contribution in [3.05, 3.63) is 29.3 Å². The summed E-state index contributed by atoms with van der Waals surface area (Å²) in [6.07, 6.45) is 0. The van der Waals surface area contributed by atoms with Crippen LogP contribution in [0, 0.1) is 18.3 Å². The van der Waals surface area contributed by atoms with Crippen molar-refractivity contribution >= 4 is 5.78 Å². The largest absolute Gasteiger partial charge is 0.496 e. The number of carbonyl (C=O) groups excluding carboxylic acids is 1. The quantitative estimate of drug-likeness (QED) is 0.507. The second kappa shape index (κ2) is 3.72. The Hall–Kier alpha value is -1.82. The molecule has 0 aromatic heterocycles. The van der Waals surface area contributed by atoms with Crippen LogP contribution in [0.5, 0.6) is 5.75 Å². The fourth-order valence-electron chi connectivity index (χ4n) is 1.08. The minimum absolute atomic E-state index is 0.404. The molecule has 0 radical (unpaired) electrons. The molecule has 0 unspecified atom stereocenters. The maximum absolute atomic E-state index is 11.0. The maximum atomic E-state index is 11.0. The molecule has 0 amide bonds. The van der Waals surface area contributed by atoms with E-state index in [0.717, 1.165) is 11.3 Å². The van der Waals surface area contributed by atoms with Crippen molar-refractivity contribution in [3.8, 4) is 11.8 Å². The van der Waals surface area contributed by atoms with Gasteiger partial charge < -0.3 is 4.74 Å². The maximum Gasteiger partial charge on any atom is 0.262 e. The number of methoxy groups -OCH3 is 1. The molecule has 3 heteroatoms.